The maximum atomic E-state index is 12.2. The number of nitrogens with one attached hydrogen (secondary N) is 1. The van der Waals surface area contributed by atoms with Crippen LogP contribution in [0.15, 0.2) is 23.1 Å². The number of hydrogen-bond donors (Lipinski definition) is 2. The van der Waals surface area contributed by atoms with E-state index in [1.807, 2.05) is 0 Å². The van der Waals surface area contributed by atoms with Gasteiger partial charge in [-0.05, 0) is 36.6 Å². The van der Waals surface area contributed by atoms with Crippen molar-refractivity contribution in [1.82, 2.24) is 0 Å². The van der Waals surface area contributed by atoms with Crippen LogP contribution in [0.3, 0.4) is 0 Å². The van der Waals surface area contributed by atoms with E-state index in [4.69, 9.17) is 9.29 Å². The summed E-state index contributed by atoms with van der Waals surface area (Å²) in [4.78, 5) is 10.6. The van der Waals surface area contributed by atoms with Gasteiger partial charge >= 0.3 is 5.97 Å². The average Bonchev–Trinajstić information content (AvgIpc) is 2.78. The molecule has 23 heavy (non-hydrogen) atoms. The lowest BCUT2D eigenvalue weighted by Gasteiger charge is -2.17. The number of carboxylic acids is 1. The first-order chi connectivity index (χ1) is 10.7. The molecule has 0 spiro atoms. The summed E-state index contributed by atoms with van der Waals surface area (Å²) in [6.07, 6.45) is 1.77. The number of anilines is 1. The molecule has 2 N–H and O–H groups in total. The van der Waals surface area contributed by atoms with E-state index >= 15 is 0 Å². The molecule has 0 radical (unpaired) electrons. The van der Waals surface area contributed by atoms with Crippen molar-refractivity contribution in [1.29, 1.82) is 0 Å². The minimum absolute atomic E-state index is 0.0701. The smallest absolute Gasteiger partial charge is 0.303 e. The fourth-order valence-electron chi connectivity index (χ4n) is 2.60. The zero-order valence-corrected chi connectivity index (χ0v) is 14.3. The maximum Gasteiger partial charge on any atom is 0.303 e. The molecule has 1 aromatic carbocycles. The maximum absolute atomic E-state index is 12.2. The molecule has 0 saturated heterocycles. The first-order valence-corrected chi connectivity index (χ1v) is 9.13. The van der Waals surface area contributed by atoms with Crippen molar-refractivity contribution < 1.29 is 22.5 Å². The molecule has 1 aliphatic heterocycles. The minimum atomic E-state index is -3.78. The Hall–Kier alpha value is -1.60. The Kier molecular flexibility index (Phi) is 5.31. The summed E-state index contributed by atoms with van der Waals surface area (Å²) in [5, 5.41) is 11.8. The number of fused-ring (bicyclic) bond motifs is 1. The summed E-state index contributed by atoms with van der Waals surface area (Å²) in [7, 11) is -3.78. The van der Waals surface area contributed by atoms with E-state index in [2.05, 4.69) is 19.2 Å². The first kappa shape index (κ1) is 17.7. The molecular weight excluding hydrogens is 318 g/mol. The molecule has 0 fully saturated rings. The average molecular weight is 341 g/mol. The molecule has 128 valence electrons. The van der Waals surface area contributed by atoms with Crippen molar-refractivity contribution in [3.8, 4) is 0 Å². The van der Waals surface area contributed by atoms with Crippen molar-refractivity contribution in [2.45, 2.75) is 49.8 Å². The summed E-state index contributed by atoms with van der Waals surface area (Å²) in [5.41, 5.74) is 1.82. The molecule has 0 amide bonds. The molecule has 0 atom stereocenters. The number of aliphatic carboxylic acids is 1. The number of hydrogen-bond acceptors (Lipinski definition) is 5. The van der Waals surface area contributed by atoms with Crippen LogP contribution in [0.25, 0.3) is 0 Å². The van der Waals surface area contributed by atoms with Crippen molar-refractivity contribution in [3.63, 3.8) is 0 Å². The number of rotatable bonds is 8. The topological polar surface area (TPSA) is 92.7 Å². The Balaban J connectivity index is 1.94. The van der Waals surface area contributed by atoms with E-state index in [9.17, 15) is 13.2 Å². The van der Waals surface area contributed by atoms with Crippen LogP contribution in [-0.2, 0) is 24.5 Å². The van der Waals surface area contributed by atoms with E-state index < -0.39 is 16.1 Å². The largest absolute Gasteiger partial charge is 0.481 e. The van der Waals surface area contributed by atoms with Gasteiger partial charge in [-0.15, -0.1) is 0 Å². The molecule has 2 rings (SSSR count). The number of benzene rings is 1. The highest BCUT2D eigenvalue weighted by atomic mass is 32.2. The van der Waals surface area contributed by atoms with E-state index in [0.717, 1.165) is 17.8 Å². The molecule has 7 heteroatoms. The summed E-state index contributed by atoms with van der Waals surface area (Å²) < 4.78 is 29.5. The molecule has 0 aromatic heterocycles. The predicted octanol–water partition coefficient (Wildman–Crippen LogP) is 2.74. The third-order valence-electron chi connectivity index (χ3n) is 4.00. The van der Waals surface area contributed by atoms with Crippen LogP contribution in [0.4, 0.5) is 5.69 Å². The van der Waals surface area contributed by atoms with Crippen LogP contribution in [0.2, 0.25) is 0 Å². The monoisotopic (exact) mass is 341 g/mol. The minimum Gasteiger partial charge on any atom is -0.481 e. The second-order valence-corrected chi connectivity index (χ2v) is 8.04. The Morgan fingerprint density at radius 3 is 2.74 bits per heavy atom. The summed E-state index contributed by atoms with van der Waals surface area (Å²) >= 11 is 0. The normalized spacial score (nSPS) is 15.9. The zero-order valence-electron chi connectivity index (χ0n) is 13.5. The van der Waals surface area contributed by atoms with Gasteiger partial charge in [0.05, 0.1) is 11.5 Å². The molecule has 1 aliphatic rings. The van der Waals surface area contributed by atoms with Crippen molar-refractivity contribution in [2.75, 3.05) is 18.5 Å². The first-order valence-electron chi connectivity index (χ1n) is 7.72. The Labute approximate surface area is 137 Å². The third-order valence-corrected chi connectivity index (χ3v) is 5.31. The lowest BCUT2D eigenvalue weighted by molar-refractivity contribution is -0.137. The van der Waals surface area contributed by atoms with Gasteiger partial charge in [-0.3, -0.25) is 8.98 Å². The van der Waals surface area contributed by atoms with Crippen LogP contribution in [0.5, 0.6) is 0 Å². The molecular formula is C16H23NO5S. The van der Waals surface area contributed by atoms with Crippen LogP contribution >= 0.6 is 0 Å². The fraction of sp³-hybridized carbons (Fsp3) is 0.562. The standard InChI is InChI=1S/C16H23NO5S/c1-16(2)11-17-14-8-7-12(10-13(14)16)23(20,21)22-9-5-3-4-6-15(18)19/h7-8,10,17H,3-6,9,11H2,1-2H3,(H,18,19). The second kappa shape index (κ2) is 6.88. The van der Waals surface area contributed by atoms with Crippen molar-refractivity contribution in [3.05, 3.63) is 23.8 Å². The van der Waals surface area contributed by atoms with Gasteiger partial charge in [0.25, 0.3) is 10.1 Å². The highest BCUT2D eigenvalue weighted by Gasteiger charge is 2.31. The van der Waals surface area contributed by atoms with E-state index in [1.165, 1.54) is 0 Å². The third kappa shape index (κ3) is 4.45. The lowest BCUT2D eigenvalue weighted by Crippen LogP contribution is -2.19. The Morgan fingerprint density at radius 1 is 1.30 bits per heavy atom. The number of unbranched alkanes of at least 4 members (excludes halogenated alkanes) is 2. The molecule has 0 unspecified atom stereocenters. The lowest BCUT2D eigenvalue weighted by atomic mass is 9.87. The molecule has 0 bridgehead atoms. The van der Waals surface area contributed by atoms with Gasteiger partial charge < -0.3 is 10.4 Å². The number of carboxylic acid groups (broad SMARTS) is 1. The van der Waals surface area contributed by atoms with E-state index in [1.54, 1.807) is 18.2 Å². The quantitative estimate of drug-likeness (QED) is 0.558. The van der Waals surface area contributed by atoms with Gasteiger partial charge in [-0.2, -0.15) is 8.42 Å². The van der Waals surface area contributed by atoms with Gasteiger partial charge in [0.2, 0.25) is 0 Å². The van der Waals surface area contributed by atoms with Gasteiger partial charge in [0.1, 0.15) is 0 Å². The predicted molar refractivity (Wildman–Crippen MR) is 87.2 cm³/mol. The van der Waals surface area contributed by atoms with Crippen LogP contribution in [0, 0.1) is 0 Å². The molecule has 1 heterocycles. The highest BCUT2D eigenvalue weighted by molar-refractivity contribution is 7.86. The second-order valence-electron chi connectivity index (χ2n) is 6.43. The van der Waals surface area contributed by atoms with Crippen LogP contribution in [-0.4, -0.2) is 32.6 Å². The van der Waals surface area contributed by atoms with Crippen molar-refractivity contribution in [2.24, 2.45) is 0 Å². The van der Waals surface area contributed by atoms with Crippen molar-refractivity contribution >= 4 is 21.8 Å². The zero-order chi connectivity index (χ0) is 17.1. The van der Waals surface area contributed by atoms with Crippen LogP contribution < -0.4 is 5.32 Å². The van der Waals surface area contributed by atoms with Gasteiger partial charge in [0.15, 0.2) is 0 Å². The number of carbonyl (C=O) groups is 1. The van der Waals surface area contributed by atoms with E-state index in [-0.39, 0.29) is 23.3 Å². The SMILES string of the molecule is CC1(C)CNc2ccc(S(=O)(=O)OCCCCCC(=O)O)cc21. The highest BCUT2D eigenvalue weighted by Crippen LogP contribution is 2.37. The Morgan fingerprint density at radius 2 is 2.04 bits per heavy atom. The Bertz CT molecular complexity index is 682. The van der Waals surface area contributed by atoms with Gasteiger partial charge in [-0.1, -0.05) is 20.3 Å². The molecule has 0 aliphatic carbocycles. The molecule has 0 saturated carbocycles. The fourth-order valence-corrected chi connectivity index (χ4v) is 3.57. The summed E-state index contributed by atoms with van der Waals surface area (Å²) in [6, 6.07) is 5.00. The van der Waals surface area contributed by atoms with Gasteiger partial charge in [-0.25, -0.2) is 0 Å². The van der Waals surface area contributed by atoms with Gasteiger partial charge in [0, 0.05) is 24.1 Å². The summed E-state index contributed by atoms with van der Waals surface area (Å²) in [6.45, 7) is 4.97. The molecule has 1 aromatic rings. The van der Waals surface area contributed by atoms with Crippen LogP contribution in [0.1, 0.15) is 45.1 Å². The summed E-state index contributed by atoms with van der Waals surface area (Å²) in [5.74, 6) is -0.840. The molecule has 6 nitrogen and oxygen atoms in total. The van der Waals surface area contributed by atoms with E-state index in [0.29, 0.717) is 19.3 Å².